The number of rotatable bonds is 2. The van der Waals surface area contributed by atoms with Crippen LogP contribution in [-0.2, 0) is 4.74 Å². The van der Waals surface area contributed by atoms with Gasteiger partial charge in [0.25, 0.3) is 0 Å². The SMILES string of the molecule is Cc1cc(C2OCCNCC2CO)ccc1Cl. The van der Waals surface area contributed by atoms with Crippen molar-refractivity contribution in [1.29, 1.82) is 0 Å². The van der Waals surface area contributed by atoms with E-state index in [4.69, 9.17) is 16.3 Å². The summed E-state index contributed by atoms with van der Waals surface area (Å²) >= 11 is 6.02. The molecule has 1 saturated heterocycles. The third-order valence-corrected chi connectivity index (χ3v) is 3.58. The van der Waals surface area contributed by atoms with Gasteiger partial charge in [-0.1, -0.05) is 23.7 Å². The van der Waals surface area contributed by atoms with Crippen LogP contribution in [0.2, 0.25) is 5.02 Å². The van der Waals surface area contributed by atoms with Crippen molar-refractivity contribution in [3.05, 3.63) is 34.3 Å². The van der Waals surface area contributed by atoms with Gasteiger partial charge in [0.1, 0.15) is 0 Å². The number of aliphatic hydroxyl groups excluding tert-OH is 1. The maximum atomic E-state index is 9.43. The van der Waals surface area contributed by atoms with Crippen LogP contribution >= 0.6 is 11.6 Å². The molecule has 1 fully saturated rings. The quantitative estimate of drug-likeness (QED) is 0.849. The summed E-state index contributed by atoms with van der Waals surface area (Å²) < 4.78 is 5.82. The van der Waals surface area contributed by atoms with E-state index in [0.717, 1.165) is 29.2 Å². The van der Waals surface area contributed by atoms with Crippen LogP contribution in [0.15, 0.2) is 18.2 Å². The Hall–Kier alpha value is -0.610. The molecule has 4 heteroatoms. The lowest BCUT2D eigenvalue weighted by Gasteiger charge is -2.23. The van der Waals surface area contributed by atoms with E-state index in [1.807, 2.05) is 25.1 Å². The zero-order valence-electron chi connectivity index (χ0n) is 9.95. The largest absolute Gasteiger partial charge is 0.396 e. The Kier molecular flexibility index (Phi) is 4.40. The molecule has 0 aromatic heterocycles. The molecule has 2 unspecified atom stereocenters. The first-order chi connectivity index (χ1) is 8.22. The Morgan fingerprint density at radius 1 is 1.53 bits per heavy atom. The van der Waals surface area contributed by atoms with Crippen LogP contribution < -0.4 is 5.32 Å². The first-order valence-electron chi connectivity index (χ1n) is 5.91. The van der Waals surface area contributed by atoms with Crippen molar-refractivity contribution >= 4 is 11.6 Å². The fourth-order valence-corrected chi connectivity index (χ4v) is 2.28. The van der Waals surface area contributed by atoms with Gasteiger partial charge < -0.3 is 15.2 Å². The Morgan fingerprint density at radius 3 is 3.06 bits per heavy atom. The molecule has 1 aromatic rings. The zero-order chi connectivity index (χ0) is 12.3. The third kappa shape index (κ3) is 2.99. The Labute approximate surface area is 107 Å². The molecule has 2 N–H and O–H groups in total. The van der Waals surface area contributed by atoms with Gasteiger partial charge in [-0.3, -0.25) is 0 Å². The fourth-order valence-electron chi connectivity index (χ4n) is 2.16. The third-order valence-electron chi connectivity index (χ3n) is 3.16. The predicted molar refractivity (Wildman–Crippen MR) is 68.3 cm³/mol. The molecule has 0 radical (unpaired) electrons. The van der Waals surface area contributed by atoms with Crippen LogP contribution in [0, 0.1) is 12.8 Å². The molecule has 1 aromatic carbocycles. The van der Waals surface area contributed by atoms with Gasteiger partial charge >= 0.3 is 0 Å². The summed E-state index contributed by atoms with van der Waals surface area (Å²) in [7, 11) is 0. The number of halogens is 1. The lowest BCUT2D eigenvalue weighted by atomic mass is 9.95. The maximum absolute atomic E-state index is 9.43. The van der Waals surface area contributed by atoms with E-state index in [0.29, 0.717) is 6.61 Å². The van der Waals surface area contributed by atoms with Crippen molar-refractivity contribution in [3.63, 3.8) is 0 Å². The smallest absolute Gasteiger partial charge is 0.0887 e. The van der Waals surface area contributed by atoms with Gasteiger partial charge in [-0.25, -0.2) is 0 Å². The molecule has 1 aliphatic heterocycles. The van der Waals surface area contributed by atoms with Gasteiger partial charge in [0, 0.05) is 30.6 Å². The molecule has 0 saturated carbocycles. The normalized spacial score (nSPS) is 25.6. The van der Waals surface area contributed by atoms with Crippen LogP contribution in [0.5, 0.6) is 0 Å². The van der Waals surface area contributed by atoms with Gasteiger partial charge in [-0.2, -0.15) is 0 Å². The highest BCUT2D eigenvalue weighted by Gasteiger charge is 2.25. The summed E-state index contributed by atoms with van der Waals surface area (Å²) in [5, 5.41) is 13.5. The van der Waals surface area contributed by atoms with Crippen LogP contribution in [0.4, 0.5) is 0 Å². The van der Waals surface area contributed by atoms with E-state index in [-0.39, 0.29) is 18.6 Å². The van der Waals surface area contributed by atoms with Gasteiger partial charge in [-0.15, -0.1) is 0 Å². The van der Waals surface area contributed by atoms with Crippen molar-refractivity contribution in [2.24, 2.45) is 5.92 Å². The van der Waals surface area contributed by atoms with E-state index in [1.54, 1.807) is 0 Å². The van der Waals surface area contributed by atoms with E-state index < -0.39 is 0 Å². The van der Waals surface area contributed by atoms with E-state index >= 15 is 0 Å². The molecule has 0 aliphatic carbocycles. The van der Waals surface area contributed by atoms with E-state index in [1.165, 1.54) is 0 Å². The molecule has 1 heterocycles. The van der Waals surface area contributed by atoms with Crippen molar-refractivity contribution in [2.45, 2.75) is 13.0 Å². The minimum atomic E-state index is -0.0500. The van der Waals surface area contributed by atoms with Crippen molar-refractivity contribution < 1.29 is 9.84 Å². The standard InChI is InChI=1S/C13H18ClNO2/c1-9-6-10(2-3-12(9)14)13-11(8-16)7-15-4-5-17-13/h2-3,6,11,13,15-16H,4-5,7-8H2,1H3. The lowest BCUT2D eigenvalue weighted by molar-refractivity contribution is 0.0115. The zero-order valence-corrected chi connectivity index (χ0v) is 10.7. The lowest BCUT2D eigenvalue weighted by Crippen LogP contribution is -2.27. The Morgan fingerprint density at radius 2 is 2.35 bits per heavy atom. The molecular formula is C13H18ClNO2. The first kappa shape index (κ1) is 12.8. The van der Waals surface area contributed by atoms with Crippen LogP contribution in [0.25, 0.3) is 0 Å². The monoisotopic (exact) mass is 255 g/mol. The highest BCUT2D eigenvalue weighted by atomic mass is 35.5. The maximum Gasteiger partial charge on any atom is 0.0887 e. The van der Waals surface area contributed by atoms with Crippen molar-refractivity contribution in [3.8, 4) is 0 Å². The second kappa shape index (κ2) is 5.83. The molecule has 2 atom stereocenters. The van der Waals surface area contributed by atoms with Crippen LogP contribution in [0.3, 0.4) is 0 Å². The Balaban J connectivity index is 2.25. The number of aliphatic hydroxyl groups is 1. The van der Waals surface area contributed by atoms with Crippen LogP contribution in [-0.4, -0.2) is 31.4 Å². The topological polar surface area (TPSA) is 41.5 Å². The molecular weight excluding hydrogens is 238 g/mol. The minimum Gasteiger partial charge on any atom is -0.396 e. The molecule has 1 aliphatic rings. The number of benzene rings is 1. The fraction of sp³-hybridized carbons (Fsp3) is 0.538. The molecule has 3 nitrogen and oxygen atoms in total. The molecule has 17 heavy (non-hydrogen) atoms. The summed E-state index contributed by atoms with van der Waals surface area (Å²) in [6, 6.07) is 5.91. The molecule has 94 valence electrons. The number of hydrogen-bond acceptors (Lipinski definition) is 3. The average Bonchev–Trinajstić information content (AvgIpc) is 2.57. The van der Waals surface area contributed by atoms with Gasteiger partial charge in [0.15, 0.2) is 0 Å². The summed E-state index contributed by atoms with van der Waals surface area (Å²) in [6.07, 6.45) is -0.0500. The van der Waals surface area contributed by atoms with Gasteiger partial charge in [0.2, 0.25) is 0 Å². The second-order valence-corrected chi connectivity index (χ2v) is 4.85. The van der Waals surface area contributed by atoms with E-state index in [2.05, 4.69) is 5.32 Å². The summed E-state index contributed by atoms with van der Waals surface area (Å²) in [5.41, 5.74) is 2.14. The molecule has 0 bridgehead atoms. The number of ether oxygens (including phenoxy) is 1. The van der Waals surface area contributed by atoms with Crippen molar-refractivity contribution in [2.75, 3.05) is 26.3 Å². The Bertz CT molecular complexity index is 384. The predicted octanol–water partition coefficient (Wildman–Crippen LogP) is 1.92. The highest BCUT2D eigenvalue weighted by Crippen LogP contribution is 2.29. The molecule has 0 amide bonds. The van der Waals surface area contributed by atoms with E-state index in [9.17, 15) is 5.11 Å². The number of hydrogen-bond donors (Lipinski definition) is 2. The summed E-state index contributed by atoms with van der Waals surface area (Å²) in [4.78, 5) is 0. The number of aryl methyl sites for hydroxylation is 1. The average molecular weight is 256 g/mol. The van der Waals surface area contributed by atoms with Gasteiger partial charge in [0.05, 0.1) is 12.7 Å². The van der Waals surface area contributed by atoms with Gasteiger partial charge in [-0.05, 0) is 24.1 Å². The second-order valence-electron chi connectivity index (χ2n) is 4.45. The number of nitrogens with one attached hydrogen (secondary N) is 1. The summed E-state index contributed by atoms with van der Waals surface area (Å²) in [5.74, 6) is 0.0954. The van der Waals surface area contributed by atoms with Crippen LogP contribution in [0.1, 0.15) is 17.2 Å². The van der Waals surface area contributed by atoms with Crippen molar-refractivity contribution in [1.82, 2.24) is 5.32 Å². The molecule has 2 rings (SSSR count). The summed E-state index contributed by atoms with van der Waals surface area (Å²) in [6.45, 7) is 4.39. The first-order valence-corrected chi connectivity index (χ1v) is 6.29. The highest BCUT2D eigenvalue weighted by molar-refractivity contribution is 6.31. The molecule has 0 spiro atoms. The minimum absolute atomic E-state index is 0.0500.